The Morgan fingerprint density at radius 2 is 1.63 bits per heavy atom. The summed E-state index contributed by atoms with van der Waals surface area (Å²) >= 11 is 1.93. The topological polar surface area (TPSA) is 15.3 Å². The third-order valence-electron chi connectivity index (χ3n) is 3.54. The molecule has 0 aliphatic rings. The monoisotopic (exact) mass is 285 g/mol. The lowest BCUT2D eigenvalue weighted by Crippen LogP contribution is -2.33. The number of rotatable bonds is 9. The molecule has 0 spiro atoms. The van der Waals surface area contributed by atoms with E-state index in [0.29, 0.717) is 0 Å². The van der Waals surface area contributed by atoms with Gasteiger partial charge in [-0.2, -0.15) is 0 Å². The van der Waals surface area contributed by atoms with Crippen molar-refractivity contribution in [1.82, 2.24) is 14.4 Å². The zero-order valence-corrected chi connectivity index (χ0v) is 13.9. The van der Waals surface area contributed by atoms with Crippen LogP contribution in [0.2, 0.25) is 0 Å². The first kappa shape index (κ1) is 16.5. The van der Waals surface area contributed by atoms with Crippen LogP contribution in [0, 0.1) is 0 Å². The Labute approximate surface area is 122 Å². The quantitative estimate of drug-likeness (QED) is 0.392. The standard InChI is InChI=1S/C14H29N4S/c1-6-16(7-2)12-18-11-10-15(5)14(18)19-13-17(8-3)9-4/h10-11H,6-9,12-13H2,1-5H3/q+1. The van der Waals surface area contributed by atoms with Crippen LogP contribution in [0.5, 0.6) is 0 Å². The Morgan fingerprint density at radius 1 is 1.05 bits per heavy atom. The van der Waals surface area contributed by atoms with Gasteiger partial charge in [0.15, 0.2) is 0 Å². The van der Waals surface area contributed by atoms with E-state index in [-0.39, 0.29) is 0 Å². The summed E-state index contributed by atoms with van der Waals surface area (Å²) in [6, 6.07) is 0. The zero-order valence-electron chi connectivity index (χ0n) is 13.1. The number of aromatic nitrogens is 2. The highest BCUT2D eigenvalue weighted by molar-refractivity contribution is 7.99. The highest BCUT2D eigenvalue weighted by Gasteiger charge is 2.17. The number of thioether (sulfide) groups is 1. The maximum Gasteiger partial charge on any atom is 0.320 e. The second-order valence-electron chi connectivity index (χ2n) is 4.68. The molecule has 0 aliphatic heterocycles. The van der Waals surface area contributed by atoms with E-state index in [1.165, 1.54) is 5.16 Å². The van der Waals surface area contributed by atoms with Crippen LogP contribution in [-0.2, 0) is 13.7 Å². The molecule has 1 heterocycles. The molecule has 0 atom stereocenters. The predicted octanol–water partition coefficient (Wildman–Crippen LogP) is 2.00. The first-order valence-electron chi connectivity index (χ1n) is 7.28. The smallest absolute Gasteiger partial charge is 0.294 e. The van der Waals surface area contributed by atoms with E-state index >= 15 is 0 Å². The molecular weight excluding hydrogens is 256 g/mol. The van der Waals surface area contributed by atoms with Crippen LogP contribution >= 0.6 is 11.8 Å². The highest BCUT2D eigenvalue weighted by Crippen LogP contribution is 2.16. The molecule has 0 N–H and O–H groups in total. The van der Waals surface area contributed by atoms with Crippen LogP contribution in [-0.4, -0.2) is 46.4 Å². The van der Waals surface area contributed by atoms with Crippen LogP contribution < -0.4 is 4.57 Å². The van der Waals surface area contributed by atoms with Crippen LogP contribution in [0.1, 0.15) is 27.7 Å². The number of hydrogen-bond acceptors (Lipinski definition) is 3. The number of nitrogens with zero attached hydrogens (tertiary/aromatic N) is 4. The van der Waals surface area contributed by atoms with Gasteiger partial charge in [0.1, 0.15) is 19.1 Å². The molecular formula is C14H29N4S+. The van der Waals surface area contributed by atoms with Gasteiger partial charge in [-0.15, -0.1) is 0 Å². The van der Waals surface area contributed by atoms with E-state index in [4.69, 9.17) is 0 Å². The number of hydrogen-bond donors (Lipinski definition) is 0. The van der Waals surface area contributed by atoms with E-state index in [1.807, 2.05) is 11.8 Å². The van der Waals surface area contributed by atoms with Crippen molar-refractivity contribution in [1.29, 1.82) is 0 Å². The Balaban J connectivity index is 2.68. The Hall–Kier alpha value is -0.520. The summed E-state index contributed by atoms with van der Waals surface area (Å²) in [6.45, 7) is 14.3. The van der Waals surface area contributed by atoms with Crippen molar-refractivity contribution in [2.24, 2.45) is 7.05 Å². The van der Waals surface area contributed by atoms with Crippen LogP contribution in [0.4, 0.5) is 0 Å². The van der Waals surface area contributed by atoms with Crippen molar-refractivity contribution in [3.05, 3.63) is 12.4 Å². The predicted molar refractivity (Wildman–Crippen MR) is 82.2 cm³/mol. The van der Waals surface area contributed by atoms with E-state index in [0.717, 1.165) is 38.7 Å². The van der Waals surface area contributed by atoms with Crippen molar-refractivity contribution in [2.75, 3.05) is 32.1 Å². The fourth-order valence-corrected chi connectivity index (χ4v) is 3.21. The summed E-state index contributed by atoms with van der Waals surface area (Å²) in [5.41, 5.74) is 0. The number of imidazole rings is 1. The molecule has 1 rings (SSSR count). The van der Waals surface area contributed by atoms with Gasteiger partial charge in [0, 0.05) is 0 Å². The van der Waals surface area contributed by atoms with Crippen molar-refractivity contribution < 1.29 is 4.57 Å². The van der Waals surface area contributed by atoms with Gasteiger partial charge in [-0.3, -0.25) is 9.80 Å². The first-order chi connectivity index (χ1) is 9.15. The molecule has 19 heavy (non-hydrogen) atoms. The summed E-state index contributed by atoms with van der Waals surface area (Å²) in [5.74, 6) is 1.06. The van der Waals surface area contributed by atoms with Crippen molar-refractivity contribution in [3.63, 3.8) is 0 Å². The van der Waals surface area contributed by atoms with Gasteiger partial charge in [-0.25, -0.2) is 9.13 Å². The van der Waals surface area contributed by atoms with Gasteiger partial charge in [0.25, 0.3) is 0 Å². The molecule has 1 aromatic heterocycles. The molecule has 0 saturated carbocycles. The number of aryl methyl sites for hydroxylation is 1. The largest absolute Gasteiger partial charge is 0.320 e. The fourth-order valence-electron chi connectivity index (χ4n) is 2.00. The minimum Gasteiger partial charge on any atom is -0.294 e. The van der Waals surface area contributed by atoms with Gasteiger partial charge >= 0.3 is 5.16 Å². The van der Waals surface area contributed by atoms with Crippen LogP contribution in [0.3, 0.4) is 0 Å². The molecule has 0 fully saturated rings. The van der Waals surface area contributed by atoms with Crippen molar-refractivity contribution in [3.8, 4) is 0 Å². The molecule has 0 aromatic carbocycles. The van der Waals surface area contributed by atoms with Gasteiger partial charge in [-0.1, -0.05) is 27.7 Å². The van der Waals surface area contributed by atoms with Gasteiger partial charge in [-0.05, 0) is 37.9 Å². The highest BCUT2D eigenvalue weighted by atomic mass is 32.2. The van der Waals surface area contributed by atoms with E-state index in [1.54, 1.807) is 0 Å². The lowest BCUT2D eigenvalue weighted by molar-refractivity contribution is -0.709. The maximum atomic E-state index is 2.44. The Morgan fingerprint density at radius 3 is 2.16 bits per heavy atom. The maximum absolute atomic E-state index is 2.44. The van der Waals surface area contributed by atoms with Crippen LogP contribution in [0.25, 0.3) is 0 Å². The summed E-state index contributed by atoms with van der Waals surface area (Å²) in [7, 11) is 2.13. The lowest BCUT2D eigenvalue weighted by Gasteiger charge is -2.18. The normalized spacial score (nSPS) is 11.7. The first-order valence-corrected chi connectivity index (χ1v) is 8.26. The second kappa shape index (κ2) is 8.61. The Bertz CT molecular complexity index is 356. The molecule has 0 saturated heterocycles. The lowest BCUT2D eigenvalue weighted by atomic mass is 10.5. The molecule has 1 aromatic rings. The molecule has 5 heteroatoms. The van der Waals surface area contributed by atoms with Crippen molar-refractivity contribution in [2.45, 2.75) is 39.5 Å². The average Bonchev–Trinajstić information content (AvgIpc) is 2.78. The fraction of sp³-hybridized carbons (Fsp3) is 0.786. The second-order valence-corrected chi connectivity index (χ2v) is 5.59. The minimum atomic E-state index is 0.981. The molecule has 0 aliphatic carbocycles. The van der Waals surface area contributed by atoms with Gasteiger partial charge < -0.3 is 0 Å². The van der Waals surface area contributed by atoms with Gasteiger partial charge in [0.05, 0.1) is 12.9 Å². The van der Waals surface area contributed by atoms with Crippen LogP contribution in [0.15, 0.2) is 17.6 Å². The SMILES string of the molecule is CCN(CC)CSc1n(CN(CC)CC)cc[n+]1C. The average molecular weight is 285 g/mol. The minimum absolute atomic E-state index is 0.981. The van der Waals surface area contributed by atoms with E-state index in [9.17, 15) is 0 Å². The summed E-state index contributed by atoms with van der Waals surface area (Å²) < 4.78 is 4.57. The Kier molecular flexibility index (Phi) is 7.49. The van der Waals surface area contributed by atoms with E-state index < -0.39 is 0 Å². The summed E-state index contributed by atoms with van der Waals surface area (Å²) in [5, 5.41) is 1.33. The molecule has 4 nitrogen and oxygen atoms in total. The summed E-state index contributed by atoms with van der Waals surface area (Å²) in [6.07, 6.45) is 4.33. The third-order valence-corrected chi connectivity index (χ3v) is 4.81. The molecule has 0 radical (unpaired) electrons. The molecule has 110 valence electrons. The third kappa shape index (κ3) is 4.82. The molecule has 0 bridgehead atoms. The zero-order chi connectivity index (χ0) is 14.3. The van der Waals surface area contributed by atoms with Gasteiger partial charge in [0.2, 0.25) is 0 Å². The van der Waals surface area contributed by atoms with E-state index in [2.05, 4.69) is 66.1 Å². The summed E-state index contributed by atoms with van der Waals surface area (Å²) in [4.78, 5) is 4.88. The van der Waals surface area contributed by atoms with Crippen molar-refractivity contribution >= 4 is 11.8 Å². The molecule has 0 amide bonds. The molecule has 0 unspecified atom stereocenters.